The SMILES string of the molecule is Cc1ccccc1CSC1=NCCN1C(=O)Cc1ccccc1. The summed E-state index contributed by atoms with van der Waals surface area (Å²) in [6.07, 6.45) is 0.435. The van der Waals surface area contributed by atoms with Gasteiger partial charge in [0.25, 0.3) is 0 Å². The van der Waals surface area contributed by atoms with Gasteiger partial charge in [0.05, 0.1) is 13.0 Å². The van der Waals surface area contributed by atoms with Gasteiger partial charge in [-0.15, -0.1) is 0 Å². The van der Waals surface area contributed by atoms with Crippen molar-refractivity contribution in [2.45, 2.75) is 19.1 Å². The Balaban J connectivity index is 1.61. The van der Waals surface area contributed by atoms with E-state index in [9.17, 15) is 4.79 Å². The second kappa shape index (κ2) is 7.47. The molecule has 3 nitrogen and oxygen atoms in total. The van der Waals surface area contributed by atoms with Gasteiger partial charge in [-0.25, -0.2) is 0 Å². The molecule has 1 amide bonds. The average Bonchev–Trinajstić information content (AvgIpc) is 3.04. The predicted molar refractivity (Wildman–Crippen MR) is 96.6 cm³/mol. The summed E-state index contributed by atoms with van der Waals surface area (Å²) in [4.78, 5) is 18.9. The van der Waals surface area contributed by atoms with E-state index in [2.05, 4.69) is 30.1 Å². The van der Waals surface area contributed by atoms with Crippen molar-refractivity contribution in [3.8, 4) is 0 Å². The Kier molecular flexibility index (Phi) is 5.13. The fourth-order valence-electron chi connectivity index (χ4n) is 2.56. The molecule has 0 spiro atoms. The van der Waals surface area contributed by atoms with E-state index in [1.807, 2.05) is 41.3 Å². The summed E-state index contributed by atoms with van der Waals surface area (Å²) in [6.45, 7) is 3.52. The van der Waals surface area contributed by atoms with E-state index in [1.54, 1.807) is 11.8 Å². The highest BCUT2D eigenvalue weighted by Gasteiger charge is 2.24. The largest absolute Gasteiger partial charge is 0.289 e. The van der Waals surface area contributed by atoms with Crippen LogP contribution in [-0.4, -0.2) is 29.1 Å². The Morgan fingerprint density at radius 2 is 1.87 bits per heavy atom. The summed E-state index contributed by atoms with van der Waals surface area (Å²) in [5, 5.41) is 0.856. The molecule has 1 heterocycles. The normalized spacial score (nSPS) is 14.0. The summed E-state index contributed by atoms with van der Waals surface area (Å²) in [7, 11) is 0. The van der Waals surface area contributed by atoms with E-state index >= 15 is 0 Å². The number of nitrogens with zero attached hydrogens (tertiary/aromatic N) is 2. The van der Waals surface area contributed by atoms with Crippen LogP contribution < -0.4 is 0 Å². The van der Waals surface area contributed by atoms with E-state index in [0.29, 0.717) is 19.5 Å². The van der Waals surface area contributed by atoms with E-state index in [1.165, 1.54) is 11.1 Å². The number of benzene rings is 2. The number of rotatable bonds is 4. The molecule has 0 unspecified atom stereocenters. The molecule has 0 aromatic heterocycles. The van der Waals surface area contributed by atoms with Gasteiger partial charge < -0.3 is 0 Å². The Bertz CT molecular complexity index is 712. The topological polar surface area (TPSA) is 32.7 Å². The first-order valence-corrected chi connectivity index (χ1v) is 8.78. The molecule has 0 aliphatic carbocycles. The lowest BCUT2D eigenvalue weighted by molar-refractivity contribution is -0.126. The minimum absolute atomic E-state index is 0.129. The molecule has 2 aromatic carbocycles. The van der Waals surface area contributed by atoms with Gasteiger partial charge >= 0.3 is 0 Å². The summed E-state index contributed by atoms with van der Waals surface area (Å²) >= 11 is 1.65. The fraction of sp³-hybridized carbons (Fsp3) is 0.263. The first-order chi connectivity index (χ1) is 11.2. The summed E-state index contributed by atoms with van der Waals surface area (Å²) in [5.41, 5.74) is 3.62. The summed E-state index contributed by atoms with van der Waals surface area (Å²) in [5.74, 6) is 0.977. The molecule has 0 fully saturated rings. The number of carbonyl (C=O) groups is 1. The van der Waals surface area contributed by atoms with Gasteiger partial charge in [-0.3, -0.25) is 14.7 Å². The molecule has 118 valence electrons. The molecule has 0 bridgehead atoms. The second-order valence-corrected chi connectivity index (χ2v) is 6.53. The van der Waals surface area contributed by atoms with Crippen molar-refractivity contribution in [2.24, 2.45) is 4.99 Å². The number of aryl methyl sites for hydroxylation is 1. The Morgan fingerprint density at radius 3 is 2.65 bits per heavy atom. The van der Waals surface area contributed by atoms with Gasteiger partial charge in [-0.2, -0.15) is 0 Å². The van der Waals surface area contributed by atoms with Gasteiger partial charge in [0.1, 0.15) is 0 Å². The van der Waals surface area contributed by atoms with Gasteiger partial charge in [0.15, 0.2) is 5.17 Å². The second-order valence-electron chi connectivity index (χ2n) is 5.59. The maximum atomic E-state index is 12.5. The number of hydrogen-bond donors (Lipinski definition) is 0. The summed E-state index contributed by atoms with van der Waals surface area (Å²) < 4.78 is 0. The zero-order valence-electron chi connectivity index (χ0n) is 13.2. The maximum Gasteiger partial charge on any atom is 0.233 e. The Hall–Kier alpha value is -2.07. The molecular weight excluding hydrogens is 304 g/mol. The van der Waals surface area contributed by atoms with Crippen LogP contribution in [0.1, 0.15) is 16.7 Å². The first kappa shape index (κ1) is 15.8. The number of amidine groups is 1. The Morgan fingerprint density at radius 1 is 1.13 bits per heavy atom. The highest BCUT2D eigenvalue weighted by Crippen LogP contribution is 2.22. The number of carbonyl (C=O) groups excluding carboxylic acids is 1. The molecule has 1 aliphatic rings. The van der Waals surface area contributed by atoms with Crippen LogP contribution in [0.15, 0.2) is 59.6 Å². The highest BCUT2D eigenvalue weighted by atomic mass is 32.2. The minimum Gasteiger partial charge on any atom is -0.289 e. The average molecular weight is 324 g/mol. The number of thioether (sulfide) groups is 1. The van der Waals surface area contributed by atoms with E-state index in [4.69, 9.17) is 0 Å². The quantitative estimate of drug-likeness (QED) is 0.859. The van der Waals surface area contributed by atoms with Crippen LogP contribution in [-0.2, 0) is 17.0 Å². The van der Waals surface area contributed by atoms with E-state index in [0.717, 1.165) is 16.5 Å². The van der Waals surface area contributed by atoms with Crippen LogP contribution in [0.2, 0.25) is 0 Å². The van der Waals surface area contributed by atoms with Gasteiger partial charge in [-0.05, 0) is 23.6 Å². The maximum absolute atomic E-state index is 12.5. The molecule has 4 heteroatoms. The van der Waals surface area contributed by atoms with Gasteiger partial charge in [0.2, 0.25) is 5.91 Å². The van der Waals surface area contributed by atoms with Crippen molar-refractivity contribution in [2.75, 3.05) is 13.1 Å². The lowest BCUT2D eigenvalue weighted by Gasteiger charge is -2.18. The molecule has 0 saturated heterocycles. The number of aliphatic imine (C=N–C) groups is 1. The molecule has 0 radical (unpaired) electrons. The van der Waals surface area contributed by atoms with Crippen LogP contribution >= 0.6 is 11.8 Å². The van der Waals surface area contributed by atoms with Crippen molar-refractivity contribution in [3.05, 3.63) is 71.3 Å². The molecule has 0 N–H and O–H groups in total. The third-order valence-electron chi connectivity index (χ3n) is 3.92. The lowest BCUT2D eigenvalue weighted by atomic mass is 10.1. The monoisotopic (exact) mass is 324 g/mol. The fourth-order valence-corrected chi connectivity index (χ4v) is 3.70. The zero-order chi connectivity index (χ0) is 16.1. The van der Waals surface area contributed by atoms with Crippen molar-refractivity contribution < 1.29 is 4.79 Å². The van der Waals surface area contributed by atoms with Crippen LogP contribution in [0, 0.1) is 6.92 Å². The molecule has 3 rings (SSSR count). The number of hydrogen-bond acceptors (Lipinski definition) is 3. The van der Waals surface area contributed by atoms with E-state index in [-0.39, 0.29) is 5.91 Å². The molecule has 0 atom stereocenters. The zero-order valence-corrected chi connectivity index (χ0v) is 14.1. The standard InChI is InChI=1S/C19H20N2OS/c1-15-7-5-6-10-17(15)14-23-19-20-11-12-21(19)18(22)13-16-8-3-2-4-9-16/h2-10H,11-14H2,1H3. The minimum atomic E-state index is 0.129. The third-order valence-corrected chi connectivity index (χ3v) is 4.98. The molecule has 0 saturated carbocycles. The summed E-state index contributed by atoms with van der Waals surface area (Å²) in [6, 6.07) is 18.2. The lowest BCUT2D eigenvalue weighted by Crippen LogP contribution is -2.34. The van der Waals surface area contributed by atoms with Crippen molar-refractivity contribution in [1.82, 2.24) is 4.90 Å². The molecule has 1 aliphatic heterocycles. The third kappa shape index (κ3) is 4.02. The molecule has 23 heavy (non-hydrogen) atoms. The van der Waals surface area contributed by atoms with Crippen LogP contribution in [0.5, 0.6) is 0 Å². The van der Waals surface area contributed by atoms with Gasteiger partial charge in [0, 0.05) is 12.3 Å². The molecular formula is C19H20N2OS. The van der Waals surface area contributed by atoms with Crippen LogP contribution in [0.25, 0.3) is 0 Å². The first-order valence-electron chi connectivity index (χ1n) is 7.80. The van der Waals surface area contributed by atoms with Gasteiger partial charge in [-0.1, -0.05) is 66.4 Å². The van der Waals surface area contributed by atoms with Crippen molar-refractivity contribution >= 4 is 22.8 Å². The Labute approximate surface area is 141 Å². The molecule has 2 aromatic rings. The van der Waals surface area contributed by atoms with E-state index < -0.39 is 0 Å². The predicted octanol–water partition coefficient (Wildman–Crippen LogP) is 3.67. The number of amides is 1. The van der Waals surface area contributed by atoms with Crippen LogP contribution in [0.4, 0.5) is 0 Å². The van der Waals surface area contributed by atoms with Crippen LogP contribution in [0.3, 0.4) is 0 Å². The van der Waals surface area contributed by atoms with Crippen molar-refractivity contribution in [3.63, 3.8) is 0 Å². The van der Waals surface area contributed by atoms with Crippen molar-refractivity contribution in [1.29, 1.82) is 0 Å². The highest BCUT2D eigenvalue weighted by molar-refractivity contribution is 8.13. The smallest absolute Gasteiger partial charge is 0.233 e.